The van der Waals surface area contributed by atoms with Crippen molar-refractivity contribution in [1.29, 1.82) is 0 Å². The first kappa shape index (κ1) is 25.6. The van der Waals surface area contributed by atoms with Gasteiger partial charge in [0.15, 0.2) is 5.82 Å². The highest BCUT2D eigenvalue weighted by molar-refractivity contribution is 7.00. The van der Waals surface area contributed by atoms with Crippen LogP contribution in [0.3, 0.4) is 0 Å². The van der Waals surface area contributed by atoms with E-state index in [4.69, 9.17) is 19.9 Å². The number of hydrogen-bond donors (Lipinski definition) is 0. The van der Waals surface area contributed by atoms with Gasteiger partial charge in [0.1, 0.15) is 17.1 Å². The number of rotatable bonds is 3. The summed E-state index contributed by atoms with van der Waals surface area (Å²) in [6.07, 6.45) is 7.40. The monoisotopic (exact) mass is 613 g/mol. The molecule has 0 saturated heterocycles. The number of anilines is 3. The summed E-state index contributed by atoms with van der Waals surface area (Å²) in [5, 5.41) is 3.53. The molecule has 0 aliphatic carbocycles. The molecule has 2 aliphatic heterocycles. The Morgan fingerprint density at radius 2 is 1.21 bits per heavy atom. The summed E-state index contributed by atoms with van der Waals surface area (Å²) in [5.74, 6) is 1.61. The fourth-order valence-electron chi connectivity index (χ4n) is 8.11. The minimum Gasteiger partial charge on any atom is -0.296 e. The van der Waals surface area contributed by atoms with Gasteiger partial charge in [0, 0.05) is 69.3 Å². The van der Waals surface area contributed by atoms with E-state index >= 15 is 0 Å². The lowest BCUT2D eigenvalue weighted by Gasteiger charge is -2.39. The van der Waals surface area contributed by atoms with E-state index in [1.165, 1.54) is 32.7 Å². The SMILES string of the molecule is c1ccc(N2c3cc(-c4ncccn4)cc4c3B(c3cccnc32)c2cccc3c5c6cccnc6n(-c6ccccc6)c5n-4c23)cc1. The predicted octanol–water partition coefficient (Wildman–Crippen LogP) is 6.59. The molecule has 0 spiro atoms. The van der Waals surface area contributed by atoms with Crippen LogP contribution in [0.25, 0.3) is 55.7 Å². The molecular formula is C40H24BN7. The molecule has 0 unspecified atom stereocenters. The van der Waals surface area contributed by atoms with Gasteiger partial charge in [-0.05, 0) is 77.1 Å². The number of benzene rings is 4. The van der Waals surface area contributed by atoms with Gasteiger partial charge in [-0.3, -0.25) is 14.0 Å². The third-order valence-electron chi connectivity index (χ3n) is 9.89. The van der Waals surface area contributed by atoms with Crippen molar-refractivity contribution in [3.63, 3.8) is 0 Å². The lowest BCUT2D eigenvalue weighted by Crippen LogP contribution is -2.60. The smallest absolute Gasteiger partial charge is 0.254 e. The minimum atomic E-state index is -0.0193. The molecule has 9 aromatic rings. The Labute approximate surface area is 275 Å². The molecule has 0 bridgehead atoms. The minimum absolute atomic E-state index is 0.0193. The summed E-state index contributed by atoms with van der Waals surface area (Å²) in [6.45, 7) is -0.0193. The molecule has 0 saturated carbocycles. The van der Waals surface area contributed by atoms with Gasteiger partial charge in [0.2, 0.25) is 0 Å². The highest BCUT2D eigenvalue weighted by Crippen LogP contribution is 2.44. The Morgan fingerprint density at radius 3 is 2.04 bits per heavy atom. The summed E-state index contributed by atoms with van der Waals surface area (Å²) < 4.78 is 4.79. The van der Waals surface area contributed by atoms with E-state index in [0.717, 1.165) is 50.8 Å². The normalized spacial score (nSPS) is 12.9. The van der Waals surface area contributed by atoms with Crippen molar-refractivity contribution in [2.75, 3.05) is 4.90 Å². The van der Waals surface area contributed by atoms with Crippen molar-refractivity contribution >= 4 is 73.3 Å². The van der Waals surface area contributed by atoms with Crippen LogP contribution in [0.15, 0.2) is 146 Å². The summed E-state index contributed by atoms with van der Waals surface area (Å²) in [7, 11) is 0. The Morgan fingerprint density at radius 1 is 0.521 bits per heavy atom. The summed E-state index contributed by atoms with van der Waals surface area (Å²) in [6, 6.07) is 42.8. The van der Waals surface area contributed by atoms with Gasteiger partial charge in [0.25, 0.3) is 6.71 Å². The highest BCUT2D eigenvalue weighted by Gasteiger charge is 2.43. The third-order valence-corrected chi connectivity index (χ3v) is 9.89. The van der Waals surface area contributed by atoms with Gasteiger partial charge in [-0.1, -0.05) is 60.7 Å². The summed E-state index contributed by atoms with van der Waals surface area (Å²) in [4.78, 5) is 21.8. The van der Waals surface area contributed by atoms with E-state index in [2.05, 4.69) is 123 Å². The van der Waals surface area contributed by atoms with Gasteiger partial charge in [-0.25, -0.2) is 19.9 Å². The van der Waals surface area contributed by atoms with E-state index in [-0.39, 0.29) is 6.71 Å². The Balaban J connectivity index is 1.38. The largest absolute Gasteiger partial charge is 0.296 e. The number of para-hydroxylation sites is 3. The molecule has 7 nitrogen and oxygen atoms in total. The molecule has 7 heterocycles. The second kappa shape index (κ2) is 9.50. The zero-order valence-electron chi connectivity index (χ0n) is 25.6. The van der Waals surface area contributed by atoms with Crippen LogP contribution in [0.5, 0.6) is 0 Å². The fourth-order valence-corrected chi connectivity index (χ4v) is 8.11. The van der Waals surface area contributed by atoms with Crippen molar-refractivity contribution in [2.45, 2.75) is 0 Å². The molecular weight excluding hydrogens is 589 g/mol. The van der Waals surface area contributed by atoms with Crippen LogP contribution in [0.2, 0.25) is 0 Å². The molecule has 0 fully saturated rings. The van der Waals surface area contributed by atoms with Crippen LogP contribution in [0, 0.1) is 0 Å². The molecule has 8 heteroatoms. The molecule has 2 aliphatic rings. The maximum absolute atomic E-state index is 5.05. The Bertz CT molecular complexity index is 2740. The maximum atomic E-state index is 5.05. The second-order valence-corrected chi connectivity index (χ2v) is 12.3. The number of pyridine rings is 2. The van der Waals surface area contributed by atoms with Gasteiger partial charge in [0.05, 0.1) is 5.52 Å². The average molecular weight is 613 g/mol. The quantitative estimate of drug-likeness (QED) is 0.211. The molecule has 48 heavy (non-hydrogen) atoms. The topological polar surface area (TPSA) is 64.7 Å². The van der Waals surface area contributed by atoms with Crippen molar-refractivity contribution in [1.82, 2.24) is 29.1 Å². The molecule has 11 rings (SSSR count). The summed E-state index contributed by atoms with van der Waals surface area (Å²) >= 11 is 0. The first-order valence-electron chi connectivity index (χ1n) is 16.1. The fraction of sp³-hybridized carbons (Fsp3) is 0. The van der Waals surface area contributed by atoms with Gasteiger partial charge < -0.3 is 0 Å². The highest BCUT2D eigenvalue weighted by atomic mass is 15.2. The molecule has 5 aromatic heterocycles. The van der Waals surface area contributed by atoms with Crippen LogP contribution >= 0.6 is 0 Å². The first-order chi connectivity index (χ1) is 23.9. The molecule has 0 radical (unpaired) electrons. The van der Waals surface area contributed by atoms with E-state index in [1.807, 2.05) is 36.9 Å². The standard InChI is InChI=1S/C40H24BN7/c1-3-11-26(12-4-1)46-32-23-25(37-42-21-10-22-43-37)24-33-35(32)41(31-18-9-20-45-39(31)46)30-17-7-15-28-34-29-16-8-19-44-38(29)47(27-13-5-2-6-14-27)40(34)48(33)36(28)30/h1-24H. The van der Waals surface area contributed by atoms with Crippen molar-refractivity contribution in [3.05, 3.63) is 146 Å². The molecule has 4 aromatic carbocycles. The zero-order valence-corrected chi connectivity index (χ0v) is 25.6. The first-order valence-corrected chi connectivity index (χ1v) is 16.1. The second-order valence-electron chi connectivity index (χ2n) is 12.3. The average Bonchev–Trinajstić information content (AvgIpc) is 3.68. The lowest BCUT2D eigenvalue weighted by molar-refractivity contribution is 1.05. The third kappa shape index (κ3) is 3.28. The van der Waals surface area contributed by atoms with E-state index < -0.39 is 0 Å². The van der Waals surface area contributed by atoms with Gasteiger partial charge in [-0.2, -0.15) is 0 Å². The Kier molecular flexibility index (Phi) is 5.07. The molecule has 0 N–H and O–H groups in total. The van der Waals surface area contributed by atoms with Crippen LogP contribution in [-0.4, -0.2) is 35.8 Å². The van der Waals surface area contributed by atoms with Crippen molar-refractivity contribution in [2.24, 2.45) is 0 Å². The van der Waals surface area contributed by atoms with E-state index in [1.54, 1.807) is 0 Å². The molecule has 0 atom stereocenters. The van der Waals surface area contributed by atoms with Gasteiger partial charge in [-0.15, -0.1) is 0 Å². The molecule has 0 amide bonds. The predicted molar refractivity (Wildman–Crippen MR) is 194 cm³/mol. The van der Waals surface area contributed by atoms with Crippen LogP contribution in [-0.2, 0) is 0 Å². The van der Waals surface area contributed by atoms with Crippen molar-refractivity contribution in [3.8, 4) is 22.8 Å². The summed E-state index contributed by atoms with van der Waals surface area (Å²) in [5.41, 5.74) is 12.1. The maximum Gasteiger partial charge on any atom is 0.254 e. The van der Waals surface area contributed by atoms with Crippen LogP contribution < -0.4 is 21.3 Å². The molecule has 222 valence electrons. The zero-order chi connectivity index (χ0) is 31.3. The van der Waals surface area contributed by atoms with E-state index in [9.17, 15) is 0 Å². The van der Waals surface area contributed by atoms with Crippen LogP contribution in [0.1, 0.15) is 0 Å². The lowest BCUT2D eigenvalue weighted by atomic mass is 9.34. The number of nitrogens with zero attached hydrogens (tertiary/aromatic N) is 7. The number of hydrogen-bond acceptors (Lipinski definition) is 5. The Hall–Kier alpha value is -6.54. The number of fused-ring (bicyclic) bond motifs is 9. The number of aromatic nitrogens is 6. The van der Waals surface area contributed by atoms with Crippen molar-refractivity contribution < 1.29 is 0 Å². The van der Waals surface area contributed by atoms with Crippen LogP contribution in [0.4, 0.5) is 17.2 Å². The van der Waals surface area contributed by atoms with Gasteiger partial charge >= 0.3 is 0 Å². The van der Waals surface area contributed by atoms with E-state index in [0.29, 0.717) is 5.82 Å².